The Morgan fingerprint density at radius 2 is 1.95 bits per heavy atom. The molecule has 0 saturated carbocycles. The number of likely N-dealkylation sites (tertiary alicyclic amines) is 1. The molecule has 1 saturated heterocycles. The van der Waals surface area contributed by atoms with E-state index in [-0.39, 0.29) is 4.75 Å². The van der Waals surface area contributed by atoms with Crippen LogP contribution in [0.2, 0.25) is 0 Å². The van der Waals surface area contributed by atoms with Gasteiger partial charge in [-0.2, -0.15) is 5.26 Å². The van der Waals surface area contributed by atoms with Gasteiger partial charge in [-0.25, -0.2) is 0 Å². The van der Waals surface area contributed by atoms with Gasteiger partial charge in [-0.15, -0.1) is 11.8 Å². The van der Waals surface area contributed by atoms with E-state index in [4.69, 9.17) is 4.74 Å². The zero-order valence-corrected chi connectivity index (χ0v) is 13.1. The second-order valence-corrected chi connectivity index (χ2v) is 6.44. The molecule has 1 fully saturated rings. The minimum atomic E-state index is -0.142. The van der Waals surface area contributed by atoms with Crippen molar-refractivity contribution in [3.05, 3.63) is 29.8 Å². The van der Waals surface area contributed by atoms with Crippen molar-refractivity contribution in [1.82, 2.24) is 4.90 Å². The number of nitriles is 1. The summed E-state index contributed by atoms with van der Waals surface area (Å²) in [6.07, 6.45) is 5.07. The van der Waals surface area contributed by atoms with Crippen LogP contribution in [0.1, 0.15) is 18.4 Å². The predicted molar refractivity (Wildman–Crippen MR) is 84.2 cm³/mol. The molecule has 0 amide bonds. The van der Waals surface area contributed by atoms with E-state index in [1.165, 1.54) is 5.56 Å². The van der Waals surface area contributed by atoms with Crippen LogP contribution in [0.5, 0.6) is 5.75 Å². The number of nitrogens with zero attached hydrogens (tertiary/aromatic N) is 2. The SMILES string of the molecule is COc1ccc(CCN2CCC(C#N)(SC)CC2)cc1. The first-order chi connectivity index (χ1) is 9.71. The maximum atomic E-state index is 9.28. The number of piperidine rings is 1. The fourth-order valence-corrected chi connectivity index (χ4v) is 3.26. The first-order valence-corrected chi connectivity index (χ1v) is 8.25. The summed E-state index contributed by atoms with van der Waals surface area (Å²) in [7, 11) is 1.69. The lowest BCUT2D eigenvalue weighted by atomic mass is 9.97. The molecule has 4 heteroatoms. The zero-order valence-electron chi connectivity index (χ0n) is 12.3. The maximum Gasteiger partial charge on any atom is 0.118 e. The van der Waals surface area contributed by atoms with Crippen molar-refractivity contribution in [1.29, 1.82) is 5.26 Å². The summed E-state index contributed by atoms with van der Waals surface area (Å²) in [5.74, 6) is 0.908. The minimum Gasteiger partial charge on any atom is -0.497 e. The van der Waals surface area contributed by atoms with E-state index in [1.54, 1.807) is 18.9 Å². The van der Waals surface area contributed by atoms with Crippen LogP contribution in [0.3, 0.4) is 0 Å². The number of rotatable bonds is 5. The number of benzene rings is 1. The van der Waals surface area contributed by atoms with Crippen LogP contribution in [-0.2, 0) is 6.42 Å². The Hall–Kier alpha value is -1.18. The molecule has 0 aliphatic carbocycles. The molecule has 1 aliphatic rings. The summed E-state index contributed by atoms with van der Waals surface area (Å²) in [6.45, 7) is 3.14. The monoisotopic (exact) mass is 290 g/mol. The molecule has 0 aromatic heterocycles. The third-order valence-electron chi connectivity index (χ3n) is 4.13. The molecule has 108 valence electrons. The third kappa shape index (κ3) is 3.68. The van der Waals surface area contributed by atoms with Gasteiger partial charge in [0, 0.05) is 19.6 Å². The van der Waals surface area contributed by atoms with E-state index in [0.29, 0.717) is 0 Å². The molecule has 1 heterocycles. The Bertz CT molecular complexity index is 458. The molecule has 0 radical (unpaired) electrons. The lowest BCUT2D eigenvalue weighted by molar-refractivity contribution is 0.219. The first kappa shape index (κ1) is 15.2. The molecule has 1 aromatic carbocycles. The Kier molecular flexibility index (Phi) is 5.33. The maximum absolute atomic E-state index is 9.28. The van der Waals surface area contributed by atoms with Gasteiger partial charge in [-0.1, -0.05) is 12.1 Å². The van der Waals surface area contributed by atoms with E-state index in [0.717, 1.165) is 44.6 Å². The average Bonchev–Trinajstić information content (AvgIpc) is 2.54. The largest absolute Gasteiger partial charge is 0.497 e. The van der Waals surface area contributed by atoms with Gasteiger partial charge in [0.1, 0.15) is 10.5 Å². The summed E-state index contributed by atoms with van der Waals surface area (Å²) in [5, 5.41) is 9.28. The van der Waals surface area contributed by atoms with Crippen LogP contribution in [0.4, 0.5) is 0 Å². The average molecular weight is 290 g/mol. The molecule has 2 rings (SSSR count). The Balaban J connectivity index is 1.80. The van der Waals surface area contributed by atoms with Crippen LogP contribution in [0, 0.1) is 11.3 Å². The quantitative estimate of drug-likeness (QED) is 0.835. The Morgan fingerprint density at radius 1 is 1.30 bits per heavy atom. The van der Waals surface area contributed by atoms with Gasteiger partial charge < -0.3 is 9.64 Å². The van der Waals surface area contributed by atoms with Crippen LogP contribution in [0.25, 0.3) is 0 Å². The summed E-state index contributed by atoms with van der Waals surface area (Å²) in [4.78, 5) is 2.47. The second kappa shape index (κ2) is 7.01. The number of methoxy groups -OCH3 is 1. The van der Waals surface area contributed by atoms with Gasteiger partial charge >= 0.3 is 0 Å². The molecule has 0 atom stereocenters. The molecule has 0 bridgehead atoms. The van der Waals surface area contributed by atoms with Crippen molar-refractivity contribution in [3.63, 3.8) is 0 Å². The van der Waals surface area contributed by atoms with Crippen molar-refractivity contribution in [2.45, 2.75) is 24.0 Å². The van der Waals surface area contributed by atoms with Crippen molar-refractivity contribution >= 4 is 11.8 Å². The van der Waals surface area contributed by atoms with E-state index in [2.05, 4.69) is 29.4 Å². The number of hydrogen-bond acceptors (Lipinski definition) is 4. The molecule has 1 aliphatic heterocycles. The van der Waals surface area contributed by atoms with E-state index >= 15 is 0 Å². The highest BCUT2D eigenvalue weighted by Crippen LogP contribution is 2.33. The van der Waals surface area contributed by atoms with Crippen molar-refractivity contribution in [2.24, 2.45) is 0 Å². The molecule has 20 heavy (non-hydrogen) atoms. The molecule has 0 N–H and O–H groups in total. The lowest BCUT2D eigenvalue weighted by Gasteiger charge is -2.36. The summed E-state index contributed by atoms with van der Waals surface area (Å²) in [5.41, 5.74) is 1.34. The molecule has 0 unspecified atom stereocenters. The smallest absolute Gasteiger partial charge is 0.118 e. The van der Waals surface area contributed by atoms with Crippen LogP contribution < -0.4 is 4.74 Å². The summed E-state index contributed by atoms with van der Waals surface area (Å²) in [6, 6.07) is 10.8. The topological polar surface area (TPSA) is 36.3 Å². The van der Waals surface area contributed by atoms with Crippen LogP contribution in [0.15, 0.2) is 24.3 Å². The van der Waals surface area contributed by atoms with Gasteiger partial charge in [0.2, 0.25) is 0 Å². The minimum absolute atomic E-state index is 0.142. The van der Waals surface area contributed by atoms with Crippen LogP contribution in [-0.4, -0.2) is 42.6 Å². The zero-order chi connectivity index (χ0) is 14.4. The third-order valence-corrected chi connectivity index (χ3v) is 5.42. The highest BCUT2D eigenvalue weighted by molar-refractivity contribution is 8.00. The predicted octanol–water partition coefficient (Wildman–Crippen LogP) is 2.96. The molecule has 0 spiro atoms. The number of hydrogen-bond donors (Lipinski definition) is 0. The van der Waals surface area contributed by atoms with Crippen molar-refractivity contribution in [3.8, 4) is 11.8 Å². The lowest BCUT2D eigenvalue weighted by Crippen LogP contribution is -2.42. The molecular weight excluding hydrogens is 268 g/mol. The van der Waals surface area contributed by atoms with E-state index in [9.17, 15) is 5.26 Å². The number of ether oxygens (including phenoxy) is 1. The normalized spacial score (nSPS) is 18.4. The summed E-state index contributed by atoms with van der Waals surface area (Å²) < 4.78 is 5.03. The molecule has 3 nitrogen and oxygen atoms in total. The fraction of sp³-hybridized carbons (Fsp3) is 0.562. The standard InChI is InChI=1S/C16H22N2OS/c1-19-15-5-3-14(4-6-15)7-10-18-11-8-16(13-17,20-2)9-12-18/h3-6H,7-12H2,1-2H3. The van der Waals surface area contributed by atoms with Crippen molar-refractivity contribution < 1.29 is 4.74 Å². The molecular formula is C16H22N2OS. The molecule has 1 aromatic rings. The van der Waals surface area contributed by atoms with Crippen LogP contribution >= 0.6 is 11.8 Å². The van der Waals surface area contributed by atoms with E-state index in [1.807, 2.05) is 12.1 Å². The van der Waals surface area contributed by atoms with Gasteiger partial charge in [0.25, 0.3) is 0 Å². The van der Waals surface area contributed by atoms with Gasteiger partial charge in [0.05, 0.1) is 13.2 Å². The van der Waals surface area contributed by atoms with Crippen molar-refractivity contribution in [2.75, 3.05) is 33.0 Å². The highest BCUT2D eigenvalue weighted by atomic mass is 32.2. The van der Waals surface area contributed by atoms with Gasteiger partial charge in [0.15, 0.2) is 0 Å². The summed E-state index contributed by atoms with van der Waals surface area (Å²) >= 11 is 1.71. The number of thioether (sulfide) groups is 1. The first-order valence-electron chi connectivity index (χ1n) is 7.03. The Labute approximate surface area is 125 Å². The highest BCUT2D eigenvalue weighted by Gasteiger charge is 2.33. The van der Waals surface area contributed by atoms with Gasteiger partial charge in [-0.05, 0) is 43.2 Å². The van der Waals surface area contributed by atoms with Gasteiger partial charge in [-0.3, -0.25) is 0 Å². The fourth-order valence-electron chi connectivity index (χ4n) is 2.58. The van der Waals surface area contributed by atoms with E-state index < -0.39 is 0 Å². The Morgan fingerprint density at radius 3 is 2.45 bits per heavy atom. The second-order valence-electron chi connectivity index (χ2n) is 5.25.